The zero-order chi connectivity index (χ0) is 19.7. The normalized spacial score (nSPS) is 13.5. The van der Waals surface area contributed by atoms with E-state index >= 15 is 0 Å². The molecule has 0 atom stereocenters. The van der Waals surface area contributed by atoms with Crippen LogP contribution in [0.15, 0.2) is 47.4 Å². The van der Waals surface area contributed by atoms with Crippen molar-refractivity contribution in [1.29, 1.82) is 0 Å². The number of thiazole rings is 1. The highest BCUT2D eigenvalue weighted by Gasteiger charge is 2.27. The Kier molecular flexibility index (Phi) is 5.14. The molecule has 1 aromatic heterocycles. The summed E-state index contributed by atoms with van der Waals surface area (Å²) in [4.78, 5) is 30.7. The third kappa shape index (κ3) is 3.92. The summed E-state index contributed by atoms with van der Waals surface area (Å²) in [5.41, 5.74) is 1.14. The van der Waals surface area contributed by atoms with Gasteiger partial charge in [-0.25, -0.2) is 4.98 Å². The molecule has 1 N–H and O–H groups in total. The van der Waals surface area contributed by atoms with Gasteiger partial charge in [0.25, 0.3) is 11.7 Å². The van der Waals surface area contributed by atoms with Crippen molar-refractivity contribution < 1.29 is 23.1 Å². The molecule has 144 valence electrons. The maximum absolute atomic E-state index is 12.5. The average Bonchev–Trinajstić information content (AvgIpc) is 3.05. The van der Waals surface area contributed by atoms with Gasteiger partial charge in [0, 0.05) is 4.90 Å². The Labute approximate surface area is 166 Å². The topological polar surface area (TPSA) is 71.5 Å². The fraction of sp³-hybridized carbons (Fsp3) is 0.167. The van der Waals surface area contributed by atoms with E-state index in [9.17, 15) is 18.4 Å². The van der Waals surface area contributed by atoms with Crippen LogP contribution < -0.4 is 15.0 Å². The molecule has 1 aliphatic heterocycles. The van der Waals surface area contributed by atoms with E-state index in [4.69, 9.17) is 4.74 Å². The van der Waals surface area contributed by atoms with E-state index in [-0.39, 0.29) is 19.1 Å². The Hall–Kier alpha value is -2.72. The second-order valence-electron chi connectivity index (χ2n) is 5.81. The van der Waals surface area contributed by atoms with Crippen molar-refractivity contribution in [3.63, 3.8) is 0 Å². The summed E-state index contributed by atoms with van der Waals surface area (Å²) in [5.74, 6) is -2.68. The number of carbonyl (C=O) groups excluding carboxylic acids is 2. The molecule has 28 heavy (non-hydrogen) atoms. The molecule has 2 heterocycles. The Balaban J connectivity index is 1.49. The number of carbonyl (C=O) groups is 2. The first-order valence-electron chi connectivity index (χ1n) is 8.17. The molecule has 0 saturated carbocycles. The molecule has 0 aliphatic carbocycles. The number of hydrogen-bond acceptors (Lipinski definition) is 6. The van der Waals surface area contributed by atoms with E-state index in [0.717, 1.165) is 0 Å². The number of nitrogens with one attached hydrogen (secondary N) is 1. The molecule has 6 nitrogen and oxygen atoms in total. The molecule has 10 heteroatoms. The number of alkyl halides is 2. The second kappa shape index (κ2) is 7.72. The number of nitrogens with zero attached hydrogens (tertiary/aromatic N) is 2. The molecule has 0 bridgehead atoms. The van der Waals surface area contributed by atoms with Crippen LogP contribution in [0.1, 0.15) is 0 Å². The lowest BCUT2D eigenvalue weighted by Gasteiger charge is -2.28. The zero-order valence-corrected chi connectivity index (χ0v) is 15.9. The van der Waals surface area contributed by atoms with Gasteiger partial charge in [-0.05, 0) is 30.3 Å². The molecule has 0 spiro atoms. The summed E-state index contributed by atoms with van der Waals surface area (Å²) in [6.45, 7) is -0.308. The summed E-state index contributed by atoms with van der Waals surface area (Å²) in [6, 6.07) is 11.8. The van der Waals surface area contributed by atoms with Crippen LogP contribution in [-0.2, 0) is 9.59 Å². The van der Waals surface area contributed by atoms with Crippen LogP contribution >= 0.6 is 23.1 Å². The predicted octanol–water partition coefficient (Wildman–Crippen LogP) is 3.98. The number of ether oxygens (including phenoxy) is 1. The highest BCUT2D eigenvalue weighted by atomic mass is 32.2. The standard InChI is InChI=1S/C18H13F2N3O3S2/c19-17(20)27-10-5-6-11-14(7-10)28-18(21-11)22-15(24)8-23-12-3-1-2-4-13(12)26-9-16(23)25/h1-7,17H,8-9H2,(H,21,22,24). The summed E-state index contributed by atoms with van der Waals surface area (Å²) in [6.07, 6.45) is 0. The second-order valence-corrected chi connectivity index (χ2v) is 7.91. The van der Waals surface area contributed by atoms with Gasteiger partial charge >= 0.3 is 0 Å². The summed E-state index contributed by atoms with van der Waals surface area (Å²) >= 11 is 1.64. The Morgan fingerprint density at radius 1 is 1.32 bits per heavy atom. The molecule has 0 radical (unpaired) electrons. The lowest BCUT2D eigenvalue weighted by Crippen LogP contribution is -2.43. The van der Waals surface area contributed by atoms with Gasteiger partial charge < -0.3 is 10.1 Å². The van der Waals surface area contributed by atoms with Crippen LogP contribution in [-0.4, -0.2) is 35.7 Å². The van der Waals surface area contributed by atoms with Crippen molar-refractivity contribution in [1.82, 2.24) is 4.98 Å². The van der Waals surface area contributed by atoms with E-state index in [1.54, 1.807) is 42.5 Å². The quantitative estimate of drug-likeness (QED) is 0.631. The molecule has 0 fully saturated rings. The molecule has 4 rings (SSSR count). The highest BCUT2D eigenvalue weighted by molar-refractivity contribution is 7.99. The number of fused-ring (bicyclic) bond motifs is 2. The van der Waals surface area contributed by atoms with Crippen LogP contribution in [0.3, 0.4) is 0 Å². The molecule has 0 saturated heterocycles. The third-order valence-electron chi connectivity index (χ3n) is 3.94. The van der Waals surface area contributed by atoms with Crippen molar-refractivity contribution in [2.75, 3.05) is 23.4 Å². The third-order valence-corrected chi connectivity index (χ3v) is 5.58. The molecule has 2 aromatic carbocycles. The first kappa shape index (κ1) is 18.6. The van der Waals surface area contributed by atoms with Crippen molar-refractivity contribution in [2.24, 2.45) is 0 Å². The number of anilines is 2. The van der Waals surface area contributed by atoms with Crippen molar-refractivity contribution in [3.8, 4) is 5.75 Å². The molecular weight excluding hydrogens is 408 g/mol. The summed E-state index contributed by atoms with van der Waals surface area (Å²) in [7, 11) is 0. The maximum Gasteiger partial charge on any atom is 0.288 e. The van der Waals surface area contributed by atoms with Crippen molar-refractivity contribution in [3.05, 3.63) is 42.5 Å². The van der Waals surface area contributed by atoms with Crippen LogP contribution in [0.5, 0.6) is 5.75 Å². The monoisotopic (exact) mass is 421 g/mol. The van der Waals surface area contributed by atoms with E-state index in [1.165, 1.54) is 16.2 Å². The number of amides is 2. The number of rotatable bonds is 5. The van der Waals surface area contributed by atoms with E-state index in [1.807, 2.05) is 0 Å². The lowest BCUT2D eigenvalue weighted by molar-refractivity contribution is -0.123. The summed E-state index contributed by atoms with van der Waals surface area (Å²) in [5, 5.41) is 3.01. The van der Waals surface area contributed by atoms with Gasteiger partial charge in [0.1, 0.15) is 12.3 Å². The van der Waals surface area contributed by atoms with Crippen molar-refractivity contribution in [2.45, 2.75) is 10.7 Å². The molecular formula is C18H13F2N3O3S2. The van der Waals surface area contributed by atoms with Gasteiger partial charge in [-0.1, -0.05) is 35.2 Å². The van der Waals surface area contributed by atoms with Crippen LogP contribution in [0.2, 0.25) is 0 Å². The van der Waals surface area contributed by atoms with Gasteiger partial charge in [-0.2, -0.15) is 8.78 Å². The number of hydrogen-bond donors (Lipinski definition) is 1. The van der Waals surface area contributed by atoms with Gasteiger partial charge in [0.05, 0.1) is 15.9 Å². The largest absolute Gasteiger partial charge is 0.482 e. The van der Waals surface area contributed by atoms with Gasteiger partial charge in [0.15, 0.2) is 11.7 Å². The van der Waals surface area contributed by atoms with E-state index in [0.29, 0.717) is 43.4 Å². The number of para-hydroxylation sites is 2. The van der Waals surface area contributed by atoms with Gasteiger partial charge in [-0.3, -0.25) is 14.5 Å². The van der Waals surface area contributed by atoms with E-state index in [2.05, 4.69) is 10.3 Å². The number of halogens is 2. The number of benzene rings is 2. The molecule has 3 aromatic rings. The number of aromatic nitrogens is 1. The SMILES string of the molecule is O=C(CN1C(=O)COc2ccccc21)Nc1nc2ccc(SC(F)F)cc2s1. The van der Waals surface area contributed by atoms with Crippen LogP contribution in [0, 0.1) is 0 Å². The zero-order valence-electron chi connectivity index (χ0n) is 14.2. The summed E-state index contributed by atoms with van der Waals surface area (Å²) < 4.78 is 31.1. The lowest BCUT2D eigenvalue weighted by atomic mass is 10.2. The van der Waals surface area contributed by atoms with Crippen LogP contribution in [0.4, 0.5) is 19.6 Å². The first-order chi connectivity index (χ1) is 13.5. The van der Waals surface area contributed by atoms with Gasteiger partial charge in [-0.15, -0.1) is 0 Å². The number of thioether (sulfide) groups is 1. The fourth-order valence-electron chi connectivity index (χ4n) is 2.76. The van der Waals surface area contributed by atoms with Gasteiger partial charge in [0.2, 0.25) is 5.91 Å². The maximum atomic E-state index is 12.5. The predicted molar refractivity (Wildman–Crippen MR) is 104 cm³/mol. The smallest absolute Gasteiger partial charge is 0.288 e. The Bertz CT molecular complexity index is 1060. The minimum atomic E-state index is -2.50. The first-order valence-corrected chi connectivity index (χ1v) is 9.86. The Morgan fingerprint density at radius 3 is 2.96 bits per heavy atom. The molecule has 0 unspecified atom stereocenters. The highest BCUT2D eigenvalue weighted by Crippen LogP contribution is 2.33. The molecule has 2 amide bonds. The average molecular weight is 421 g/mol. The minimum Gasteiger partial charge on any atom is -0.482 e. The fourth-order valence-corrected chi connectivity index (χ4v) is 4.30. The van der Waals surface area contributed by atoms with Crippen molar-refractivity contribution >= 4 is 55.9 Å². The Morgan fingerprint density at radius 2 is 2.14 bits per heavy atom. The van der Waals surface area contributed by atoms with E-state index < -0.39 is 11.7 Å². The minimum absolute atomic E-state index is 0.129. The van der Waals surface area contributed by atoms with Crippen LogP contribution in [0.25, 0.3) is 10.2 Å². The molecule has 1 aliphatic rings.